The number of fused-ring (bicyclic) bond motifs is 2. The summed E-state index contributed by atoms with van der Waals surface area (Å²) in [7, 11) is 0. The highest BCUT2D eigenvalue weighted by atomic mass is 35.5. The van der Waals surface area contributed by atoms with Crippen LogP contribution in [0.5, 0.6) is 0 Å². The minimum atomic E-state index is 0.896. The topological polar surface area (TPSA) is 0 Å². The van der Waals surface area contributed by atoms with Gasteiger partial charge in [-0.3, -0.25) is 0 Å². The molecule has 2 heterocycles. The molecule has 0 unspecified atom stereocenters. The Morgan fingerprint density at radius 3 is 2.56 bits per heavy atom. The van der Waals surface area contributed by atoms with Crippen molar-refractivity contribution in [3.8, 4) is 0 Å². The smallest absolute Gasteiger partial charge is 0.0548 e. The van der Waals surface area contributed by atoms with Crippen LogP contribution in [0.15, 0.2) is 21.9 Å². The van der Waals surface area contributed by atoms with Crippen LogP contribution >= 0.6 is 23.4 Å². The van der Waals surface area contributed by atoms with Crippen LogP contribution < -0.4 is 0 Å². The Balaban J connectivity index is 2.74. The van der Waals surface area contributed by atoms with Crippen molar-refractivity contribution in [2.45, 2.75) is 16.7 Å². The first kappa shape index (κ1) is 5.63. The van der Waals surface area contributed by atoms with Gasteiger partial charge in [0.25, 0.3) is 0 Å². The van der Waals surface area contributed by atoms with E-state index in [1.54, 1.807) is 11.8 Å². The van der Waals surface area contributed by atoms with Gasteiger partial charge in [0.2, 0.25) is 0 Å². The summed E-state index contributed by atoms with van der Waals surface area (Å²) < 4.78 is 0. The van der Waals surface area contributed by atoms with E-state index in [-0.39, 0.29) is 0 Å². The SMILES string of the molecule is Cc1c2ccc(Cl)c1S2. The molecule has 1 aromatic rings. The van der Waals surface area contributed by atoms with Crippen molar-refractivity contribution in [3.05, 3.63) is 22.7 Å². The number of benzene rings is 1. The molecule has 1 aromatic carbocycles. The van der Waals surface area contributed by atoms with E-state index in [0.29, 0.717) is 0 Å². The maximum absolute atomic E-state index is 5.84. The molecule has 0 spiro atoms. The van der Waals surface area contributed by atoms with Crippen molar-refractivity contribution >= 4 is 23.4 Å². The lowest BCUT2D eigenvalue weighted by Crippen LogP contribution is -1.94. The van der Waals surface area contributed by atoms with Crippen LogP contribution in [0, 0.1) is 6.92 Å². The molecule has 0 fully saturated rings. The Labute approximate surface area is 63.2 Å². The normalized spacial score (nSPS) is 13.1. The molecule has 0 atom stereocenters. The van der Waals surface area contributed by atoms with Gasteiger partial charge in [-0.05, 0) is 24.6 Å². The Morgan fingerprint density at radius 2 is 2.22 bits per heavy atom. The standard InChI is InChI=1S/C7H5ClS/c1-4-6-3-2-5(8)7(4)9-6/h2-3H,1H3. The van der Waals surface area contributed by atoms with Crippen LogP contribution in [-0.4, -0.2) is 0 Å². The third-order valence-corrected chi connectivity index (χ3v) is 3.34. The van der Waals surface area contributed by atoms with Crippen molar-refractivity contribution < 1.29 is 0 Å². The van der Waals surface area contributed by atoms with Gasteiger partial charge in [-0.1, -0.05) is 23.4 Å². The first-order valence-corrected chi connectivity index (χ1v) is 3.95. The summed E-state index contributed by atoms with van der Waals surface area (Å²) in [6.45, 7) is 2.10. The van der Waals surface area contributed by atoms with E-state index in [2.05, 4.69) is 13.0 Å². The van der Waals surface area contributed by atoms with E-state index in [9.17, 15) is 0 Å². The van der Waals surface area contributed by atoms with E-state index < -0.39 is 0 Å². The molecule has 3 rings (SSSR count). The molecule has 0 aromatic heterocycles. The maximum atomic E-state index is 5.84. The van der Waals surface area contributed by atoms with E-state index in [4.69, 9.17) is 11.6 Å². The molecule has 2 heteroatoms. The van der Waals surface area contributed by atoms with Gasteiger partial charge in [0, 0.05) is 9.79 Å². The van der Waals surface area contributed by atoms with Gasteiger partial charge in [-0.25, -0.2) is 0 Å². The van der Waals surface area contributed by atoms with Gasteiger partial charge >= 0.3 is 0 Å². The Kier molecular flexibility index (Phi) is 1.05. The Morgan fingerprint density at radius 1 is 1.44 bits per heavy atom. The average molecular weight is 157 g/mol. The zero-order chi connectivity index (χ0) is 6.43. The molecule has 2 aliphatic heterocycles. The van der Waals surface area contributed by atoms with Crippen molar-refractivity contribution in [1.82, 2.24) is 0 Å². The van der Waals surface area contributed by atoms with Crippen LogP contribution in [0.1, 0.15) is 5.56 Å². The minimum Gasteiger partial charge on any atom is -0.0879 e. The van der Waals surface area contributed by atoms with Gasteiger partial charge < -0.3 is 0 Å². The van der Waals surface area contributed by atoms with Crippen molar-refractivity contribution in [1.29, 1.82) is 0 Å². The largest absolute Gasteiger partial charge is 0.0879 e. The molecule has 46 valence electrons. The Bertz CT molecular complexity index is 261. The molecular weight excluding hydrogens is 152 g/mol. The molecule has 9 heavy (non-hydrogen) atoms. The fourth-order valence-electron chi connectivity index (χ4n) is 0.940. The lowest BCUT2D eigenvalue weighted by atomic mass is 10.2. The summed E-state index contributed by atoms with van der Waals surface area (Å²) in [5, 5.41) is 0.896. The lowest BCUT2D eigenvalue weighted by molar-refractivity contribution is 1.13. The summed E-state index contributed by atoms with van der Waals surface area (Å²) in [5.74, 6) is 0. The van der Waals surface area contributed by atoms with Crippen LogP contribution in [0.3, 0.4) is 0 Å². The van der Waals surface area contributed by atoms with E-state index in [1.165, 1.54) is 15.4 Å². The molecule has 0 nitrogen and oxygen atoms in total. The molecule has 2 bridgehead atoms. The molecule has 0 aliphatic carbocycles. The van der Waals surface area contributed by atoms with Crippen molar-refractivity contribution in [3.63, 3.8) is 0 Å². The molecule has 0 saturated carbocycles. The zero-order valence-electron chi connectivity index (χ0n) is 4.94. The first-order chi connectivity index (χ1) is 4.29. The summed E-state index contributed by atoms with van der Waals surface area (Å²) in [6, 6.07) is 4.02. The van der Waals surface area contributed by atoms with Crippen LogP contribution in [0.4, 0.5) is 0 Å². The molecule has 0 saturated heterocycles. The third kappa shape index (κ3) is 0.620. The van der Waals surface area contributed by atoms with Gasteiger partial charge in [-0.2, -0.15) is 0 Å². The molecule has 2 aliphatic rings. The first-order valence-electron chi connectivity index (χ1n) is 2.76. The highest BCUT2D eigenvalue weighted by Crippen LogP contribution is 2.48. The lowest BCUT2D eigenvalue weighted by Gasteiger charge is -2.20. The van der Waals surface area contributed by atoms with E-state index >= 15 is 0 Å². The zero-order valence-corrected chi connectivity index (χ0v) is 6.51. The number of hydrogen-bond acceptors (Lipinski definition) is 1. The summed E-state index contributed by atoms with van der Waals surface area (Å²) in [6.07, 6.45) is 0. The average Bonchev–Trinajstić information content (AvgIpc) is 1.86. The number of rotatable bonds is 0. The van der Waals surface area contributed by atoms with Gasteiger partial charge in [-0.15, -0.1) is 0 Å². The molecule has 0 N–H and O–H groups in total. The highest BCUT2D eigenvalue weighted by Gasteiger charge is 2.18. The third-order valence-electron chi connectivity index (χ3n) is 1.52. The predicted molar refractivity (Wildman–Crippen MR) is 40.3 cm³/mol. The van der Waals surface area contributed by atoms with Crippen molar-refractivity contribution in [2.75, 3.05) is 0 Å². The van der Waals surface area contributed by atoms with Crippen LogP contribution in [0.25, 0.3) is 0 Å². The second-order valence-corrected chi connectivity index (χ2v) is 3.56. The summed E-state index contributed by atoms with van der Waals surface area (Å²) in [4.78, 5) is 2.63. The van der Waals surface area contributed by atoms with E-state index in [0.717, 1.165) is 5.02 Å². The quantitative estimate of drug-likeness (QED) is 0.565. The number of halogens is 1. The Hall–Kier alpha value is -0.140. The monoisotopic (exact) mass is 156 g/mol. The predicted octanol–water partition coefficient (Wildman–Crippen LogP) is 3.11. The fraction of sp³-hybridized carbons (Fsp3) is 0.143. The second-order valence-electron chi connectivity index (χ2n) is 2.10. The van der Waals surface area contributed by atoms with Gasteiger partial charge in [0.1, 0.15) is 0 Å². The van der Waals surface area contributed by atoms with Crippen LogP contribution in [0.2, 0.25) is 5.02 Å². The second kappa shape index (κ2) is 1.68. The van der Waals surface area contributed by atoms with Gasteiger partial charge in [0.15, 0.2) is 0 Å². The van der Waals surface area contributed by atoms with Gasteiger partial charge in [0.05, 0.1) is 5.02 Å². The number of aryl methyl sites for hydroxylation is 1. The highest BCUT2D eigenvalue weighted by molar-refractivity contribution is 8.00. The number of hydrogen-bond donors (Lipinski definition) is 0. The summed E-state index contributed by atoms with van der Waals surface area (Å²) in [5.41, 5.74) is 1.35. The molecule has 0 amide bonds. The summed E-state index contributed by atoms with van der Waals surface area (Å²) >= 11 is 7.61. The molecule has 0 radical (unpaired) electrons. The fourth-order valence-corrected chi connectivity index (χ4v) is 2.15. The van der Waals surface area contributed by atoms with E-state index in [1.807, 2.05) is 6.07 Å². The maximum Gasteiger partial charge on any atom is 0.0548 e. The molecular formula is C7H5ClS. The van der Waals surface area contributed by atoms with Crippen molar-refractivity contribution in [2.24, 2.45) is 0 Å². The van der Waals surface area contributed by atoms with Crippen LogP contribution in [-0.2, 0) is 0 Å². The minimum absolute atomic E-state index is 0.896.